The lowest BCUT2D eigenvalue weighted by atomic mass is 9.87. The van der Waals surface area contributed by atoms with Crippen LogP contribution in [0.3, 0.4) is 0 Å². The summed E-state index contributed by atoms with van der Waals surface area (Å²) in [6.45, 7) is 0. The van der Waals surface area contributed by atoms with Gasteiger partial charge in [-0.2, -0.15) is 0 Å². The van der Waals surface area contributed by atoms with Crippen molar-refractivity contribution in [3.8, 4) is 29.6 Å². The summed E-state index contributed by atoms with van der Waals surface area (Å²) in [6.07, 6.45) is 5.89. The molecule has 4 nitrogen and oxygen atoms in total. The van der Waals surface area contributed by atoms with Crippen LogP contribution >= 0.6 is 0 Å². The van der Waals surface area contributed by atoms with E-state index in [9.17, 15) is 5.11 Å². The quantitative estimate of drug-likeness (QED) is 0.833. The molecule has 0 radical (unpaired) electrons. The van der Waals surface area contributed by atoms with Gasteiger partial charge in [0.1, 0.15) is 17.2 Å². The van der Waals surface area contributed by atoms with Crippen LogP contribution in [0.15, 0.2) is 42.5 Å². The Kier molecular flexibility index (Phi) is 5.15. The second kappa shape index (κ2) is 7.08. The van der Waals surface area contributed by atoms with Crippen LogP contribution < -0.4 is 14.2 Å². The third kappa shape index (κ3) is 3.58. The first kappa shape index (κ1) is 16.7. The van der Waals surface area contributed by atoms with E-state index in [2.05, 4.69) is 5.92 Å². The maximum atomic E-state index is 11.0. The molecule has 0 fully saturated rings. The van der Waals surface area contributed by atoms with Crippen LogP contribution in [0, 0.1) is 12.3 Å². The van der Waals surface area contributed by atoms with Gasteiger partial charge in [-0.1, -0.05) is 18.1 Å². The summed E-state index contributed by atoms with van der Waals surface area (Å²) in [7, 11) is 4.71. The maximum absolute atomic E-state index is 11.0. The highest BCUT2D eigenvalue weighted by Gasteiger charge is 2.30. The summed E-state index contributed by atoms with van der Waals surface area (Å²) in [5, 5.41) is 11.0. The Labute approximate surface area is 136 Å². The van der Waals surface area contributed by atoms with E-state index in [1.54, 1.807) is 32.4 Å². The molecular weight excluding hydrogens is 292 g/mol. The smallest absolute Gasteiger partial charge is 0.158 e. The van der Waals surface area contributed by atoms with E-state index >= 15 is 0 Å². The zero-order valence-electron chi connectivity index (χ0n) is 13.5. The van der Waals surface area contributed by atoms with Gasteiger partial charge in [-0.15, -0.1) is 6.42 Å². The van der Waals surface area contributed by atoms with Gasteiger partial charge in [0.05, 0.1) is 21.3 Å². The van der Waals surface area contributed by atoms with E-state index in [4.69, 9.17) is 20.6 Å². The lowest BCUT2D eigenvalue weighted by Gasteiger charge is -2.25. The van der Waals surface area contributed by atoms with Crippen LogP contribution in [0.2, 0.25) is 0 Å². The number of rotatable bonds is 6. The van der Waals surface area contributed by atoms with Crippen molar-refractivity contribution in [2.45, 2.75) is 12.0 Å². The van der Waals surface area contributed by atoms with Crippen molar-refractivity contribution in [3.05, 3.63) is 53.6 Å². The van der Waals surface area contributed by atoms with E-state index in [-0.39, 0.29) is 6.42 Å². The summed E-state index contributed by atoms with van der Waals surface area (Å²) in [6, 6.07) is 12.6. The van der Waals surface area contributed by atoms with Crippen LogP contribution in [0.5, 0.6) is 17.2 Å². The van der Waals surface area contributed by atoms with Crippen molar-refractivity contribution in [2.24, 2.45) is 0 Å². The van der Waals surface area contributed by atoms with Gasteiger partial charge in [-0.3, -0.25) is 0 Å². The highest BCUT2D eigenvalue weighted by atomic mass is 16.5. The monoisotopic (exact) mass is 312 g/mol. The topological polar surface area (TPSA) is 47.9 Å². The van der Waals surface area contributed by atoms with Crippen LogP contribution in [0.1, 0.15) is 11.1 Å². The number of aliphatic hydroxyl groups is 1. The van der Waals surface area contributed by atoms with Gasteiger partial charge in [0.15, 0.2) is 5.60 Å². The van der Waals surface area contributed by atoms with E-state index in [1.165, 1.54) is 7.11 Å². The Morgan fingerprint density at radius 2 is 1.57 bits per heavy atom. The molecule has 0 aliphatic heterocycles. The first-order chi connectivity index (χ1) is 11.1. The average molecular weight is 312 g/mol. The molecule has 0 amide bonds. The molecule has 0 aromatic heterocycles. The molecule has 0 aliphatic carbocycles. The minimum atomic E-state index is -1.48. The first-order valence-corrected chi connectivity index (χ1v) is 7.12. The third-order valence-electron chi connectivity index (χ3n) is 3.71. The van der Waals surface area contributed by atoms with Gasteiger partial charge >= 0.3 is 0 Å². The van der Waals surface area contributed by atoms with Crippen molar-refractivity contribution in [3.63, 3.8) is 0 Å². The molecule has 1 unspecified atom stereocenters. The number of ether oxygens (including phenoxy) is 3. The van der Waals surface area contributed by atoms with E-state index in [0.717, 1.165) is 11.3 Å². The van der Waals surface area contributed by atoms with Crippen LogP contribution in [-0.2, 0) is 12.0 Å². The number of benzene rings is 2. The summed E-state index contributed by atoms with van der Waals surface area (Å²) in [5.41, 5.74) is -0.0603. The largest absolute Gasteiger partial charge is 0.497 e. The minimum Gasteiger partial charge on any atom is -0.497 e. The van der Waals surface area contributed by atoms with Crippen molar-refractivity contribution in [1.82, 2.24) is 0 Å². The van der Waals surface area contributed by atoms with Crippen LogP contribution in [0.4, 0.5) is 0 Å². The zero-order valence-corrected chi connectivity index (χ0v) is 13.5. The second-order valence-corrected chi connectivity index (χ2v) is 5.10. The fourth-order valence-corrected chi connectivity index (χ4v) is 2.40. The maximum Gasteiger partial charge on any atom is 0.158 e. The summed E-state index contributed by atoms with van der Waals surface area (Å²) < 4.78 is 15.7. The molecule has 0 saturated heterocycles. The molecule has 2 rings (SSSR count). The summed E-state index contributed by atoms with van der Waals surface area (Å²) in [5.74, 6) is 4.36. The molecule has 1 atom stereocenters. The number of methoxy groups -OCH3 is 3. The predicted molar refractivity (Wildman–Crippen MR) is 89.0 cm³/mol. The third-order valence-corrected chi connectivity index (χ3v) is 3.71. The lowest BCUT2D eigenvalue weighted by molar-refractivity contribution is 0.0975. The van der Waals surface area contributed by atoms with Crippen molar-refractivity contribution < 1.29 is 19.3 Å². The van der Waals surface area contributed by atoms with Gasteiger partial charge in [-0.05, 0) is 29.8 Å². The van der Waals surface area contributed by atoms with Gasteiger partial charge in [0.2, 0.25) is 0 Å². The van der Waals surface area contributed by atoms with Crippen molar-refractivity contribution >= 4 is 0 Å². The van der Waals surface area contributed by atoms with E-state index in [0.29, 0.717) is 17.1 Å². The normalized spacial score (nSPS) is 12.8. The highest BCUT2D eigenvalue weighted by molar-refractivity contribution is 5.48. The second-order valence-electron chi connectivity index (χ2n) is 5.10. The molecule has 0 heterocycles. The number of hydrogen-bond donors (Lipinski definition) is 1. The minimum absolute atomic E-state index is 0.260. The number of terminal acetylenes is 1. The molecule has 1 N–H and O–H groups in total. The van der Waals surface area contributed by atoms with Crippen molar-refractivity contribution in [2.75, 3.05) is 21.3 Å². The van der Waals surface area contributed by atoms with Gasteiger partial charge in [-0.25, -0.2) is 0 Å². The highest BCUT2D eigenvalue weighted by Crippen LogP contribution is 2.35. The van der Waals surface area contributed by atoms with Crippen molar-refractivity contribution in [1.29, 1.82) is 0 Å². The standard InChI is InChI=1S/C19H20O4/c1-5-19(20,13-14-6-8-15(21-2)9-7-14)17-11-10-16(22-3)12-18(17)23-4/h1,6-12,20H,13H2,2-4H3. The Morgan fingerprint density at radius 1 is 0.957 bits per heavy atom. The first-order valence-electron chi connectivity index (χ1n) is 7.12. The zero-order chi connectivity index (χ0) is 16.9. The SMILES string of the molecule is C#CC(O)(Cc1ccc(OC)cc1)c1ccc(OC)cc1OC. The molecule has 0 saturated carbocycles. The van der Waals surface area contributed by atoms with Gasteiger partial charge < -0.3 is 19.3 Å². The summed E-state index contributed by atoms with van der Waals surface area (Å²) in [4.78, 5) is 0. The van der Waals surface area contributed by atoms with Gasteiger partial charge in [0, 0.05) is 18.1 Å². The molecule has 23 heavy (non-hydrogen) atoms. The van der Waals surface area contributed by atoms with Gasteiger partial charge in [0.25, 0.3) is 0 Å². The predicted octanol–water partition coefficient (Wildman–Crippen LogP) is 2.78. The Balaban J connectivity index is 2.38. The molecule has 2 aromatic carbocycles. The van der Waals surface area contributed by atoms with Crippen LogP contribution in [-0.4, -0.2) is 26.4 Å². The Morgan fingerprint density at radius 3 is 2.09 bits per heavy atom. The fourth-order valence-electron chi connectivity index (χ4n) is 2.40. The average Bonchev–Trinajstić information content (AvgIpc) is 2.61. The molecule has 4 heteroatoms. The molecule has 0 bridgehead atoms. The molecule has 0 aliphatic rings. The molecular formula is C19H20O4. The summed E-state index contributed by atoms with van der Waals surface area (Å²) >= 11 is 0. The lowest BCUT2D eigenvalue weighted by Crippen LogP contribution is -2.27. The number of hydrogen-bond acceptors (Lipinski definition) is 4. The van der Waals surface area contributed by atoms with E-state index in [1.807, 2.05) is 24.3 Å². The molecule has 0 spiro atoms. The molecule has 120 valence electrons. The van der Waals surface area contributed by atoms with Crippen LogP contribution in [0.25, 0.3) is 0 Å². The Hall–Kier alpha value is -2.64. The Bertz CT molecular complexity index is 700. The van der Waals surface area contributed by atoms with E-state index < -0.39 is 5.60 Å². The fraction of sp³-hybridized carbons (Fsp3) is 0.263. The molecule has 2 aromatic rings.